The van der Waals surface area contributed by atoms with E-state index in [-0.39, 0.29) is 29.6 Å². The van der Waals surface area contributed by atoms with E-state index in [1.807, 2.05) is 0 Å². The molecule has 1 aliphatic heterocycles. The molecule has 5 rings (SSSR count). The largest absolute Gasteiger partial charge is 0.463 e. The van der Waals surface area contributed by atoms with Gasteiger partial charge in [-0.15, -0.1) is 6.42 Å². The Bertz CT molecular complexity index is 1460. The maximum absolute atomic E-state index is 15.1. The summed E-state index contributed by atoms with van der Waals surface area (Å²) < 4.78 is 59.1. The van der Waals surface area contributed by atoms with Crippen molar-refractivity contribution in [3.8, 4) is 18.2 Å². The van der Waals surface area contributed by atoms with Crippen molar-refractivity contribution in [2.24, 2.45) is 16.6 Å². The van der Waals surface area contributed by atoms with Crippen LogP contribution in [0.4, 0.5) is 29.1 Å². The Kier molecular flexibility index (Phi) is 5.91. The van der Waals surface area contributed by atoms with Gasteiger partial charge in [0, 0.05) is 23.4 Å². The molecule has 1 aromatic carbocycles. The Morgan fingerprint density at radius 3 is 2.86 bits per heavy atom. The van der Waals surface area contributed by atoms with Crippen molar-refractivity contribution in [3.63, 3.8) is 0 Å². The number of aromatic nitrogens is 3. The minimum Gasteiger partial charge on any atom is -0.463 e. The summed E-state index contributed by atoms with van der Waals surface area (Å²) in [4.78, 5) is 17.3. The molecular formula is C24H20F4N6O2S. The van der Waals surface area contributed by atoms with E-state index in [0.717, 1.165) is 0 Å². The molecule has 1 aliphatic carbocycles. The quantitative estimate of drug-likeness (QED) is 0.323. The smallest absolute Gasteiger partial charge is 0.415 e. The molecule has 0 unspecified atom stereocenters. The summed E-state index contributed by atoms with van der Waals surface area (Å²) >= 11 is 0.688. The molecule has 0 spiro atoms. The van der Waals surface area contributed by atoms with E-state index < -0.39 is 34.3 Å². The minimum atomic E-state index is -4.85. The number of amidine groups is 1. The molecule has 8 nitrogen and oxygen atoms in total. The second-order valence-electron chi connectivity index (χ2n) is 8.90. The molecule has 37 heavy (non-hydrogen) atoms. The fourth-order valence-corrected chi connectivity index (χ4v) is 6.28. The van der Waals surface area contributed by atoms with Gasteiger partial charge in [0.1, 0.15) is 11.3 Å². The first-order valence-electron chi connectivity index (χ1n) is 11.0. The third-order valence-corrected chi connectivity index (χ3v) is 7.91. The van der Waals surface area contributed by atoms with Crippen LogP contribution in [0.5, 0.6) is 5.88 Å². The average molecular weight is 533 g/mol. The molecule has 2 aliphatic rings. The van der Waals surface area contributed by atoms with Crippen molar-refractivity contribution >= 4 is 39.5 Å². The van der Waals surface area contributed by atoms with Gasteiger partial charge in [0.25, 0.3) is 0 Å². The highest BCUT2D eigenvalue weighted by atomic mass is 32.2. The van der Waals surface area contributed by atoms with Crippen LogP contribution < -0.4 is 15.8 Å². The number of nitrogens with one attached hydrogen (secondary N) is 1. The molecule has 0 radical (unpaired) electrons. The van der Waals surface area contributed by atoms with Crippen LogP contribution in [0.3, 0.4) is 0 Å². The van der Waals surface area contributed by atoms with E-state index in [4.69, 9.17) is 16.9 Å². The molecule has 1 fully saturated rings. The van der Waals surface area contributed by atoms with E-state index in [1.165, 1.54) is 37.5 Å². The summed E-state index contributed by atoms with van der Waals surface area (Å²) in [6.45, 7) is 1.55. The molecule has 4 N–H and O–H groups in total. The predicted octanol–water partition coefficient (Wildman–Crippen LogP) is 3.88. The maximum Gasteiger partial charge on any atom is 0.415 e. The molecule has 3 heterocycles. The third kappa shape index (κ3) is 4.30. The van der Waals surface area contributed by atoms with Crippen LogP contribution >= 0.6 is 11.8 Å². The van der Waals surface area contributed by atoms with Gasteiger partial charge in [0.2, 0.25) is 5.88 Å². The third-order valence-electron chi connectivity index (χ3n) is 6.56. The van der Waals surface area contributed by atoms with Crippen molar-refractivity contribution in [2.75, 3.05) is 11.9 Å². The lowest BCUT2D eigenvalue weighted by molar-refractivity contribution is -0.207. The van der Waals surface area contributed by atoms with E-state index in [1.54, 1.807) is 6.07 Å². The summed E-state index contributed by atoms with van der Waals surface area (Å²) in [5, 5.41) is 13.0. The first-order chi connectivity index (χ1) is 17.5. The number of nitrogens with zero attached hydrogens (tertiary/aromatic N) is 4. The zero-order chi connectivity index (χ0) is 26.6. The first kappa shape index (κ1) is 25.0. The molecule has 0 amide bonds. The highest BCUT2D eigenvalue weighted by Crippen LogP contribution is 2.68. The first-order valence-corrected chi connectivity index (χ1v) is 11.8. The summed E-state index contributed by atoms with van der Waals surface area (Å²) in [6, 6.07) is 5.71. The number of benzene rings is 1. The van der Waals surface area contributed by atoms with Gasteiger partial charge >= 0.3 is 6.18 Å². The van der Waals surface area contributed by atoms with E-state index >= 15 is 4.39 Å². The fourth-order valence-electron chi connectivity index (χ4n) is 4.79. The fraction of sp³-hybridized carbons (Fsp3) is 0.333. The number of nitrogens with two attached hydrogens (primary N) is 1. The number of pyridine rings is 1. The van der Waals surface area contributed by atoms with Crippen LogP contribution in [0.25, 0.3) is 11.0 Å². The Morgan fingerprint density at radius 2 is 2.14 bits per heavy atom. The van der Waals surface area contributed by atoms with Crippen LogP contribution in [0.15, 0.2) is 41.7 Å². The van der Waals surface area contributed by atoms with Crippen LogP contribution in [0.2, 0.25) is 0 Å². The highest BCUT2D eigenvalue weighted by molar-refractivity contribution is 8.15. The number of aliphatic hydroxyl groups is 1. The maximum atomic E-state index is 15.1. The number of aliphatic hydroxyl groups excluding tert-OH is 1. The zero-order valence-corrected chi connectivity index (χ0v) is 20.1. The van der Waals surface area contributed by atoms with Gasteiger partial charge in [0.05, 0.1) is 22.0 Å². The topological polar surface area (TPSA) is 119 Å². The number of halogens is 4. The lowest BCUT2D eigenvalue weighted by Gasteiger charge is -2.36. The van der Waals surface area contributed by atoms with Crippen molar-refractivity contribution in [2.45, 2.75) is 35.9 Å². The molecular weight excluding hydrogens is 512 g/mol. The molecule has 4 atom stereocenters. The normalized spacial score (nSPS) is 25.5. The molecule has 3 aromatic rings. The highest BCUT2D eigenvalue weighted by Gasteiger charge is 2.74. The second-order valence-corrected chi connectivity index (χ2v) is 10.3. The van der Waals surface area contributed by atoms with Crippen molar-refractivity contribution in [1.82, 2.24) is 15.0 Å². The molecule has 0 bridgehead atoms. The molecule has 2 aromatic heterocycles. The number of anilines is 2. The summed E-state index contributed by atoms with van der Waals surface area (Å²) in [5.74, 6) is 1.43. The van der Waals surface area contributed by atoms with Gasteiger partial charge < -0.3 is 20.9 Å². The Hall–Kier alpha value is -3.63. The Morgan fingerprint density at radius 1 is 1.35 bits per heavy atom. The number of terminal acetylenes is 1. The van der Waals surface area contributed by atoms with Gasteiger partial charge in [-0.05, 0) is 37.6 Å². The Balaban J connectivity index is 1.49. The molecule has 0 saturated heterocycles. The zero-order valence-electron chi connectivity index (χ0n) is 19.3. The SMILES string of the molecule is C#CCOc1cnc2c(Nc3ccc(F)c([C@@]4(C)N=C(N)S[C@]5([C@@H](O)C(F)(F)F)C[C@H]54)c3)nccc2n1. The van der Waals surface area contributed by atoms with Crippen molar-refractivity contribution in [3.05, 3.63) is 48.0 Å². The minimum absolute atomic E-state index is 0.0271. The second kappa shape index (κ2) is 8.74. The number of aliphatic imine (C=N–C) groups is 1. The number of alkyl halides is 3. The lowest BCUT2D eigenvalue weighted by Crippen LogP contribution is -2.47. The van der Waals surface area contributed by atoms with Crippen LogP contribution in [0, 0.1) is 24.1 Å². The number of fused-ring (bicyclic) bond motifs is 2. The van der Waals surface area contributed by atoms with E-state index in [2.05, 4.69) is 31.2 Å². The van der Waals surface area contributed by atoms with Crippen molar-refractivity contribution < 1.29 is 27.4 Å². The van der Waals surface area contributed by atoms with Gasteiger partial charge in [-0.2, -0.15) is 13.2 Å². The number of thioether (sulfide) groups is 1. The molecule has 13 heteroatoms. The monoisotopic (exact) mass is 532 g/mol. The lowest BCUT2D eigenvalue weighted by atomic mass is 9.84. The number of rotatable bonds is 6. The average Bonchev–Trinajstić information content (AvgIpc) is 3.59. The van der Waals surface area contributed by atoms with E-state index in [0.29, 0.717) is 34.3 Å². The van der Waals surface area contributed by atoms with Gasteiger partial charge in [-0.25, -0.2) is 19.3 Å². The summed E-state index contributed by atoms with van der Waals surface area (Å²) in [5.41, 5.74) is 5.76. The van der Waals surface area contributed by atoms with E-state index in [9.17, 15) is 18.3 Å². The van der Waals surface area contributed by atoms with Crippen LogP contribution in [0.1, 0.15) is 18.9 Å². The molecule has 1 saturated carbocycles. The molecule has 192 valence electrons. The number of hydrogen-bond acceptors (Lipinski definition) is 9. The summed E-state index contributed by atoms with van der Waals surface area (Å²) in [7, 11) is 0. The Labute approximate surface area is 212 Å². The standard InChI is InChI=1S/C24H20F4N6O2S/c1-3-8-36-17-11-31-18-15(33-17)6-7-30-19(18)32-12-4-5-14(25)13(9-12)22(2)16-10-23(16,37-21(29)34-22)20(35)24(26,27)28/h1,4-7,9,11,16,20,35H,8,10H2,2H3,(H2,29,34)(H,30,32)/t16-,20+,22+,23+/m0/s1. The number of ether oxygens (including phenoxy) is 1. The van der Waals surface area contributed by atoms with Crippen molar-refractivity contribution in [1.29, 1.82) is 0 Å². The van der Waals surface area contributed by atoms with Crippen LogP contribution in [-0.4, -0.2) is 48.9 Å². The number of hydrogen-bond donors (Lipinski definition) is 3. The predicted molar refractivity (Wildman–Crippen MR) is 131 cm³/mol. The van der Waals surface area contributed by atoms with Gasteiger partial charge in [-0.1, -0.05) is 17.7 Å². The summed E-state index contributed by atoms with van der Waals surface area (Å²) in [6.07, 6.45) is 0.578. The van der Waals surface area contributed by atoms with Crippen LogP contribution in [-0.2, 0) is 5.54 Å². The van der Waals surface area contributed by atoms with Gasteiger partial charge in [0.15, 0.2) is 23.7 Å². The van der Waals surface area contributed by atoms with Gasteiger partial charge in [-0.3, -0.25) is 4.99 Å².